The van der Waals surface area contributed by atoms with Gasteiger partial charge in [-0.2, -0.15) is 5.10 Å². The molecular weight excluding hydrogens is 320 g/mol. The van der Waals surface area contributed by atoms with E-state index in [9.17, 15) is 4.79 Å². The number of hydrogen-bond donors (Lipinski definition) is 3. The number of carbonyl (C=O) groups is 1. The Bertz CT molecular complexity index is 825. The maximum absolute atomic E-state index is 12.4. The van der Waals surface area contributed by atoms with Gasteiger partial charge in [-0.1, -0.05) is 0 Å². The Morgan fingerprint density at radius 2 is 2.20 bits per heavy atom. The summed E-state index contributed by atoms with van der Waals surface area (Å²) in [6.45, 7) is 4.43. The Kier molecular flexibility index (Phi) is 5.08. The van der Waals surface area contributed by atoms with E-state index in [1.165, 1.54) is 0 Å². The fraction of sp³-hybridized carbons (Fsp3) is 0.294. The molecule has 8 nitrogen and oxygen atoms in total. The van der Waals surface area contributed by atoms with Gasteiger partial charge in [0.05, 0.1) is 11.8 Å². The van der Waals surface area contributed by atoms with Gasteiger partial charge in [0.1, 0.15) is 11.6 Å². The van der Waals surface area contributed by atoms with Gasteiger partial charge in [-0.15, -0.1) is 0 Å². The normalized spacial score (nSPS) is 10.8. The molecule has 25 heavy (non-hydrogen) atoms. The maximum atomic E-state index is 12.4. The lowest BCUT2D eigenvalue weighted by atomic mass is 10.2. The van der Waals surface area contributed by atoms with Crippen LogP contribution in [0.2, 0.25) is 0 Å². The van der Waals surface area contributed by atoms with Gasteiger partial charge in [0.15, 0.2) is 5.76 Å². The highest BCUT2D eigenvalue weighted by Crippen LogP contribution is 2.15. The highest BCUT2D eigenvalue weighted by atomic mass is 16.3. The van der Waals surface area contributed by atoms with Gasteiger partial charge < -0.3 is 15.1 Å². The van der Waals surface area contributed by atoms with Gasteiger partial charge in [-0.05, 0) is 38.1 Å². The molecule has 0 aliphatic rings. The Labute approximate surface area is 145 Å². The molecule has 0 fully saturated rings. The molecule has 0 aliphatic heterocycles. The lowest BCUT2D eigenvalue weighted by Crippen LogP contribution is -2.27. The van der Waals surface area contributed by atoms with Crippen LogP contribution >= 0.6 is 0 Å². The summed E-state index contributed by atoms with van der Waals surface area (Å²) in [6, 6.07) is 7.25. The van der Waals surface area contributed by atoms with Crippen LogP contribution in [0.15, 0.2) is 41.1 Å². The second-order valence-electron chi connectivity index (χ2n) is 5.79. The first kappa shape index (κ1) is 16.7. The zero-order valence-corrected chi connectivity index (χ0v) is 14.1. The monoisotopic (exact) mass is 340 g/mol. The molecule has 3 aromatic rings. The smallest absolute Gasteiger partial charge is 0.255 e. The van der Waals surface area contributed by atoms with Gasteiger partial charge in [-0.3, -0.25) is 9.89 Å². The number of furan rings is 1. The fourth-order valence-corrected chi connectivity index (χ4v) is 2.29. The van der Waals surface area contributed by atoms with Crippen molar-refractivity contribution in [1.29, 1.82) is 0 Å². The first-order chi connectivity index (χ1) is 12.1. The van der Waals surface area contributed by atoms with Crippen molar-refractivity contribution in [2.45, 2.75) is 26.3 Å². The van der Waals surface area contributed by atoms with Crippen molar-refractivity contribution in [1.82, 2.24) is 25.5 Å². The lowest BCUT2D eigenvalue weighted by molar-refractivity contribution is 0.0954. The van der Waals surface area contributed by atoms with Crippen molar-refractivity contribution in [3.63, 3.8) is 0 Å². The number of amides is 1. The summed E-state index contributed by atoms with van der Waals surface area (Å²) < 4.78 is 5.25. The highest BCUT2D eigenvalue weighted by Gasteiger charge is 2.13. The number of pyridine rings is 1. The van der Waals surface area contributed by atoms with Crippen LogP contribution in [0.1, 0.15) is 30.0 Å². The Morgan fingerprint density at radius 1 is 1.32 bits per heavy atom. The molecule has 0 aromatic carbocycles. The molecule has 0 unspecified atom stereocenters. The third kappa shape index (κ3) is 4.23. The summed E-state index contributed by atoms with van der Waals surface area (Å²) in [5.41, 5.74) is 0.519. The summed E-state index contributed by atoms with van der Waals surface area (Å²) >= 11 is 0. The summed E-state index contributed by atoms with van der Waals surface area (Å²) in [6.07, 6.45) is 3.76. The minimum absolute atomic E-state index is 0.179. The summed E-state index contributed by atoms with van der Waals surface area (Å²) in [5, 5.41) is 13.0. The molecule has 0 atom stereocenters. The molecule has 0 aliphatic carbocycles. The predicted molar refractivity (Wildman–Crippen MR) is 93.1 cm³/mol. The summed E-state index contributed by atoms with van der Waals surface area (Å²) in [5.74, 6) is 2.18. The van der Waals surface area contributed by atoms with Crippen LogP contribution in [0.5, 0.6) is 0 Å². The number of H-pyrrole nitrogens is 1. The van der Waals surface area contributed by atoms with Crippen LogP contribution in [0.4, 0.5) is 5.82 Å². The van der Waals surface area contributed by atoms with E-state index in [0.29, 0.717) is 41.8 Å². The van der Waals surface area contributed by atoms with E-state index < -0.39 is 0 Å². The van der Waals surface area contributed by atoms with Crippen molar-refractivity contribution in [2.75, 3.05) is 11.9 Å². The molecule has 0 saturated carbocycles. The average molecular weight is 340 g/mol. The van der Waals surface area contributed by atoms with Crippen LogP contribution < -0.4 is 10.6 Å². The molecule has 0 radical (unpaired) electrons. The lowest BCUT2D eigenvalue weighted by Gasteiger charge is -2.13. The Morgan fingerprint density at radius 3 is 2.96 bits per heavy atom. The largest absolute Gasteiger partial charge is 0.461 e. The van der Waals surface area contributed by atoms with Gasteiger partial charge in [0, 0.05) is 25.2 Å². The van der Waals surface area contributed by atoms with Crippen LogP contribution in [0, 0.1) is 0 Å². The van der Waals surface area contributed by atoms with Crippen molar-refractivity contribution in [3.8, 4) is 11.6 Å². The van der Waals surface area contributed by atoms with E-state index in [1.54, 1.807) is 36.7 Å². The predicted octanol–water partition coefficient (Wildman–Crippen LogP) is 2.25. The van der Waals surface area contributed by atoms with E-state index >= 15 is 0 Å². The maximum Gasteiger partial charge on any atom is 0.255 e. The highest BCUT2D eigenvalue weighted by molar-refractivity contribution is 5.98. The number of aromatic amines is 1. The van der Waals surface area contributed by atoms with Gasteiger partial charge in [0.25, 0.3) is 5.91 Å². The number of nitrogens with zero attached hydrogens (tertiary/aromatic N) is 3. The molecule has 3 aromatic heterocycles. The minimum atomic E-state index is -0.179. The number of nitrogens with one attached hydrogen (secondary N) is 3. The van der Waals surface area contributed by atoms with Crippen LogP contribution in [0.25, 0.3) is 11.6 Å². The van der Waals surface area contributed by atoms with Crippen LogP contribution in [-0.4, -0.2) is 38.7 Å². The average Bonchev–Trinajstić information content (AvgIpc) is 3.26. The first-order valence-corrected chi connectivity index (χ1v) is 8.08. The molecule has 0 saturated heterocycles. The quantitative estimate of drug-likeness (QED) is 0.609. The van der Waals surface area contributed by atoms with E-state index in [4.69, 9.17) is 4.42 Å². The van der Waals surface area contributed by atoms with Crippen molar-refractivity contribution in [2.24, 2.45) is 0 Å². The summed E-state index contributed by atoms with van der Waals surface area (Å²) in [4.78, 5) is 20.9. The Hall–Kier alpha value is -3.16. The Balaban J connectivity index is 1.57. The molecular formula is C17H20N6O2. The first-order valence-electron chi connectivity index (χ1n) is 8.08. The number of aromatic nitrogens is 4. The van der Waals surface area contributed by atoms with Crippen molar-refractivity contribution in [3.05, 3.63) is 48.1 Å². The van der Waals surface area contributed by atoms with E-state index in [-0.39, 0.29) is 11.9 Å². The van der Waals surface area contributed by atoms with E-state index in [0.717, 1.165) is 0 Å². The second kappa shape index (κ2) is 7.61. The van der Waals surface area contributed by atoms with Crippen molar-refractivity contribution < 1.29 is 9.21 Å². The number of hydrogen-bond acceptors (Lipinski definition) is 6. The number of rotatable bonds is 7. The zero-order valence-electron chi connectivity index (χ0n) is 14.1. The number of carbonyl (C=O) groups excluding carboxylic acids is 1. The van der Waals surface area contributed by atoms with E-state index in [2.05, 4.69) is 30.8 Å². The second-order valence-corrected chi connectivity index (χ2v) is 5.79. The van der Waals surface area contributed by atoms with Crippen molar-refractivity contribution >= 4 is 11.7 Å². The molecule has 1 amide bonds. The third-order valence-electron chi connectivity index (χ3n) is 3.40. The molecule has 0 bridgehead atoms. The zero-order chi connectivity index (χ0) is 17.6. The topological polar surface area (TPSA) is 109 Å². The van der Waals surface area contributed by atoms with Gasteiger partial charge in [0.2, 0.25) is 5.82 Å². The summed E-state index contributed by atoms with van der Waals surface area (Å²) in [7, 11) is 0. The molecule has 0 spiro atoms. The van der Waals surface area contributed by atoms with Gasteiger partial charge in [-0.25, -0.2) is 9.97 Å². The minimum Gasteiger partial charge on any atom is -0.461 e. The van der Waals surface area contributed by atoms with Crippen LogP contribution in [0.3, 0.4) is 0 Å². The fourth-order valence-electron chi connectivity index (χ4n) is 2.29. The number of anilines is 1. The molecule has 3 rings (SSSR count). The van der Waals surface area contributed by atoms with Crippen LogP contribution in [-0.2, 0) is 6.42 Å². The van der Waals surface area contributed by atoms with E-state index in [1.807, 2.05) is 13.8 Å². The molecule has 3 N–H and O–H groups in total. The van der Waals surface area contributed by atoms with Gasteiger partial charge >= 0.3 is 0 Å². The molecule has 3 heterocycles. The SMILES string of the molecule is CC(C)Nc1ncccc1C(=O)NCCc1nc(-c2ccco2)n[nH]1. The molecule has 130 valence electrons. The standard InChI is InChI=1S/C17H20N6O2/c1-11(2)20-15-12(5-3-8-18-15)17(24)19-9-7-14-21-16(23-22-14)13-6-4-10-25-13/h3-6,8,10-11H,7,9H2,1-2H3,(H,18,20)(H,19,24)(H,21,22,23). The molecule has 8 heteroatoms. The third-order valence-corrected chi connectivity index (χ3v) is 3.40.